The van der Waals surface area contributed by atoms with Crippen LogP contribution in [0.1, 0.15) is 43.9 Å². The van der Waals surface area contributed by atoms with Crippen LogP contribution >= 0.6 is 0 Å². The summed E-state index contributed by atoms with van der Waals surface area (Å²) in [5.74, 6) is 1.08. The number of ketones is 1. The Hall–Kier alpha value is -3.61. The molecular formula is C26H29N3O4. The molecule has 172 valence electrons. The number of carbonyl (C=O) groups is 2. The highest BCUT2D eigenvalue weighted by atomic mass is 16.5. The van der Waals surface area contributed by atoms with Crippen molar-refractivity contribution in [3.63, 3.8) is 0 Å². The molecule has 7 heteroatoms. The number of hydrogen-bond donors (Lipinski definition) is 2. The molecule has 2 heterocycles. The standard InChI is InChI=1S/C26H29N3O4/c1-14-11-19-25(20(30)12-14)24(18-10-9-17(32-4)13-21(18)33-5)23(16(3)28-19)26(31)29-22-8-6-7-15(2)27-22/h6-10,13-14,24,28H,11-12H2,1-5H3,(H,27,29,31)/t14-,24+/m1/s1. The number of pyridine rings is 1. The summed E-state index contributed by atoms with van der Waals surface area (Å²) < 4.78 is 11.0. The first-order valence-electron chi connectivity index (χ1n) is 11.0. The van der Waals surface area contributed by atoms with Crippen LogP contribution < -0.4 is 20.1 Å². The zero-order valence-corrected chi connectivity index (χ0v) is 19.6. The van der Waals surface area contributed by atoms with Crippen LogP contribution in [0.25, 0.3) is 0 Å². The number of anilines is 1. The molecule has 0 radical (unpaired) electrons. The summed E-state index contributed by atoms with van der Waals surface area (Å²) >= 11 is 0. The van der Waals surface area contributed by atoms with E-state index in [9.17, 15) is 9.59 Å². The van der Waals surface area contributed by atoms with E-state index in [1.807, 2.05) is 38.1 Å². The lowest BCUT2D eigenvalue weighted by Crippen LogP contribution is -2.37. The third-order valence-corrected chi connectivity index (χ3v) is 6.16. The summed E-state index contributed by atoms with van der Waals surface area (Å²) in [5.41, 5.74) is 4.24. The van der Waals surface area contributed by atoms with Gasteiger partial charge in [-0.3, -0.25) is 9.59 Å². The molecule has 1 amide bonds. The van der Waals surface area contributed by atoms with Gasteiger partial charge in [-0.15, -0.1) is 0 Å². The largest absolute Gasteiger partial charge is 0.497 e. The number of nitrogens with zero attached hydrogens (tertiary/aromatic N) is 1. The summed E-state index contributed by atoms with van der Waals surface area (Å²) in [6.45, 7) is 5.80. The first-order valence-corrected chi connectivity index (χ1v) is 11.0. The molecule has 2 aliphatic rings. The number of ether oxygens (including phenoxy) is 2. The maximum absolute atomic E-state index is 13.6. The van der Waals surface area contributed by atoms with E-state index in [4.69, 9.17) is 9.47 Å². The van der Waals surface area contributed by atoms with E-state index in [-0.39, 0.29) is 17.6 Å². The van der Waals surface area contributed by atoms with Gasteiger partial charge in [0.05, 0.1) is 20.1 Å². The van der Waals surface area contributed by atoms with E-state index in [1.165, 1.54) is 0 Å². The normalized spacial score (nSPS) is 20.2. The zero-order chi connectivity index (χ0) is 23.7. The van der Waals surface area contributed by atoms with Gasteiger partial charge in [0.1, 0.15) is 17.3 Å². The molecule has 0 bridgehead atoms. The fourth-order valence-electron chi connectivity index (χ4n) is 4.70. The third kappa shape index (κ3) is 4.35. The predicted molar refractivity (Wildman–Crippen MR) is 126 cm³/mol. The molecule has 7 nitrogen and oxygen atoms in total. The fraction of sp³-hybridized carbons (Fsp3) is 0.346. The molecule has 0 saturated carbocycles. The van der Waals surface area contributed by atoms with Gasteiger partial charge >= 0.3 is 0 Å². The minimum Gasteiger partial charge on any atom is -0.497 e. The van der Waals surface area contributed by atoms with Crippen LogP contribution in [0, 0.1) is 12.8 Å². The van der Waals surface area contributed by atoms with Crippen molar-refractivity contribution in [2.45, 2.75) is 39.5 Å². The first-order chi connectivity index (χ1) is 15.8. The second-order valence-electron chi connectivity index (χ2n) is 8.65. The number of dihydropyridines is 1. The van der Waals surface area contributed by atoms with Crippen LogP contribution in [0.5, 0.6) is 11.5 Å². The number of nitrogens with one attached hydrogen (secondary N) is 2. The van der Waals surface area contributed by atoms with Crippen LogP contribution in [0.3, 0.4) is 0 Å². The molecule has 4 rings (SSSR count). The van der Waals surface area contributed by atoms with Crippen molar-refractivity contribution in [3.05, 3.63) is 70.2 Å². The van der Waals surface area contributed by atoms with Crippen molar-refractivity contribution in [1.29, 1.82) is 0 Å². The van der Waals surface area contributed by atoms with Gasteiger partial charge in [-0.05, 0) is 44.4 Å². The maximum atomic E-state index is 13.6. The average Bonchev–Trinajstić information content (AvgIpc) is 2.77. The van der Waals surface area contributed by atoms with E-state index >= 15 is 0 Å². The molecule has 0 fully saturated rings. The number of methoxy groups -OCH3 is 2. The van der Waals surface area contributed by atoms with Crippen LogP contribution in [-0.4, -0.2) is 30.9 Å². The second-order valence-corrected chi connectivity index (χ2v) is 8.65. The minimum absolute atomic E-state index is 0.0469. The lowest BCUT2D eigenvalue weighted by atomic mass is 9.73. The van der Waals surface area contributed by atoms with Crippen molar-refractivity contribution >= 4 is 17.5 Å². The van der Waals surface area contributed by atoms with E-state index in [1.54, 1.807) is 26.4 Å². The molecular weight excluding hydrogens is 418 g/mol. The molecule has 2 N–H and O–H groups in total. The average molecular weight is 448 g/mol. The van der Waals surface area contributed by atoms with Gasteiger partial charge in [0.15, 0.2) is 5.78 Å². The minimum atomic E-state index is -0.563. The Morgan fingerprint density at radius 1 is 1.12 bits per heavy atom. The van der Waals surface area contributed by atoms with Crippen molar-refractivity contribution in [3.8, 4) is 11.5 Å². The molecule has 1 aliphatic carbocycles. The van der Waals surface area contributed by atoms with Gasteiger partial charge in [-0.25, -0.2) is 4.98 Å². The lowest BCUT2D eigenvalue weighted by Gasteiger charge is -2.36. The summed E-state index contributed by atoms with van der Waals surface area (Å²) in [5, 5.41) is 6.27. The predicted octanol–water partition coefficient (Wildman–Crippen LogP) is 4.26. The molecule has 1 aromatic heterocycles. The molecule has 1 aromatic carbocycles. The second kappa shape index (κ2) is 9.10. The van der Waals surface area contributed by atoms with Gasteiger partial charge in [0.25, 0.3) is 5.91 Å². The van der Waals surface area contributed by atoms with Crippen LogP contribution in [-0.2, 0) is 9.59 Å². The number of aromatic nitrogens is 1. The Kier molecular flexibility index (Phi) is 6.22. The highest BCUT2D eigenvalue weighted by molar-refractivity contribution is 6.09. The lowest BCUT2D eigenvalue weighted by molar-refractivity contribution is -0.117. The molecule has 0 unspecified atom stereocenters. The number of aryl methyl sites for hydroxylation is 1. The van der Waals surface area contributed by atoms with E-state index in [2.05, 4.69) is 22.5 Å². The number of amides is 1. The van der Waals surface area contributed by atoms with Gasteiger partial charge < -0.3 is 20.1 Å². The third-order valence-electron chi connectivity index (χ3n) is 6.16. The van der Waals surface area contributed by atoms with Crippen molar-refractivity contribution < 1.29 is 19.1 Å². The number of carbonyl (C=O) groups excluding carboxylic acids is 2. The first kappa shape index (κ1) is 22.6. The van der Waals surface area contributed by atoms with Crippen molar-refractivity contribution in [2.24, 2.45) is 5.92 Å². The summed E-state index contributed by atoms with van der Waals surface area (Å²) in [4.78, 5) is 31.3. The fourth-order valence-corrected chi connectivity index (χ4v) is 4.70. The van der Waals surface area contributed by atoms with Crippen LogP contribution in [0.2, 0.25) is 0 Å². The van der Waals surface area contributed by atoms with Gasteiger partial charge in [-0.1, -0.05) is 19.1 Å². The molecule has 0 saturated heterocycles. The Balaban J connectivity index is 1.85. The van der Waals surface area contributed by atoms with Gasteiger partial charge in [-0.2, -0.15) is 0 Å². The molecule has 2 aromatic rings. The number of Topliss-reactive ketones (excluding diaryl/α,β-unsaturated/α-hetero) is 1. The highest BCUT2D eigenvalue weighted by Crippen LogP contribution is 2.46. The van der Waals surface area contributed by atoms with Crippen molar-refractivity contribution in [1.82, 2.24) is 10.3 Å². The molecule has 1 aliphatic heterocycles. The quantitative estimate of drug-likeness (QED) is 0.712. The van der Waals surface area contributed by atoms with Crippen molar-refractivity contribution in [2.75, 3.05) is 19.5 Å². The Labute approximate surface area is 193 Å². The summed E-state index contributed by atoms with van der Waals surface area (Å²) in [6.07, 6.45) is 1.20. The number of rotatable bonds is 5. The van der Waals surface area contributed by atoms with E-state index in [0.29, 0.717) is 40.6 Å². The Morgan fingerprint density at radius 2 is 1.91 bits per heavy atom. The highest BCUT2D eigenvalue weighted by Gasteiger charge is 2.41. The smallest absolute Gasteiger partial charge is 0.255 e. The molecule has 0 spiro atoms. The Morgan fingerprint density at radius 3 is 2.61 bits per heavy atom. The Bertz CT molecular complexity index is 1180. The number of hydrogen-bond acceptors (Lipinski definition) is 6. The van der Waals surface area contributed by atoms with Crippen LogP contribution in [0.4, 0.5) is 5.82 Å². The number of allylic oxidation sites excluding steroid dienone is 3. The van der Waals surface area contributed by atoms with E-state index in [0.717, 1.165) is 23.4 Å². The summed E-state index contributed by atoms with van der Waals surface area (Å²) in [6, 6.07) is 10.9. The summed E-state index contributed by atoms with van der Waals surface area (Å²) in [7, 11) is 3.16. The SMILES string of the molecule is COc1ccc([C@H]2C(C(=O)Nc3cccc(C)n3)=C(C)NC3=C2C(=O)C[C@H](C)C3)c(OC)c1. The molecule has 2 atom stereocenters. The van der Waals surface area contributed by atoms with Crippen LogP contribution in [0.15, 0.2) is 58.9 Å². The van der Waals surface area contributed by atoms with E-state index < -0.39 is 5.92 Å². The van der Waals surface area contributed by atoms with Gasteiger partial charge in [0.2, 0.25) is 0 Å². The monoisotopic (exact) mass is 447 g/mol. The zero-order valence-electron chi connectivity index (χ0n) is 19.6. The topological polar surface area (TPSA) is 89.5 Å². The van der Waals surface area contributed by atoms with Gasteiger partial charge in [0, 0.05) is 46.3 Å². The number of benzene rings is 1. The molecule has 33 heavy (non-hydrogen) atoms. The maximum Gasteiger partial charge on any atom is 0.255 e.